The molecule has 0 bridgehead atoms. The molecule has 0 unspecified atom stereocenters. The molecule has 0 aromatic heterocycles. The Kier molecular flexibility index (Phi) is 0.961. The summed E-state index contributed by atoms with van der Waals surface area (Å²) in [5.74, 6) is 2.47. The quantitative estimate of drug-likeness (QED) is 0.517. The van der Waals surface area contributed by atoms with Crippen molar-refractivity contribution < 1.29 is 4.79 Å². The minimum absolute atomic E-state index is 0.547. The average molecular weight is 150 g/mol. The molecule has 3 aliphatic carbocycles. The molecule has 0 N–H and O–H groups in total. The molecule has 3 aliphatic rings. The zero-order chi connectivity index (χ0) is 7.47. The molecule has 0 heterocycles. The molecule has 60 valence electrons. The summed E-state index contributed by atoms with van der Waals surface area (Å²) in [7, 11) is 0. The van der Waals surface area contributed by atoms with Gasteiger partial charge >= 0.3 is 0 Å². The first kappa shape index (κ1) is 6.22. The van der Waals surface area contributed by atoms with Crippen molar-refractivity contribution in [1.82, 2.24) is 0 Å². The van der Waals surface area contributed by atoms with Gasteiger partial charge in [-0.25, -0.2) is 0 Å². The van der Waals surface area contributed by atoms with Crippen LogP contribution in [0.2, 0.25) is 0 Å². The normalized spacial score (nSPS) is 53.6. The van der Waals surface area contributed by atoms with Crippen LogP contribution in [0.3, 0.4) is 0 Å². The van der Waals surface area contributed by atoms with Crippen LogP contribution in [-0.2, 0) is 4.79 Å². The lowest BCUT2D eigenvalue weighted by atomic mass is 9.77. The van der Waals surface area contributed by atoms with Crippen LogP contribution in [0.5, 0.6) is 0 Å². The Morgan fingerprint density at radius 3 is 2.82 bits per heavy atom. The fourth-order valence-corrected chi connectivity index (χ4v) is 3.56. The van der Waals surface area contributed by atoms with Crippen LogP contribution in [-0.4, -0.2) is 5.78 Å². The summed E-state index contributed by atoms with van der Waals surface area (Å²) in [6.45, 7) is 0. The first-order chi connectivity index (χ1) is 5.31. The van der Waals surface area contributed by atoms with E-state index in [0.29, 0.717) is 11.2 Å². The van der Waals surface area contributed by atoms with Crippen LogP contribution in [0.25, 0.3) is 0 Å². The van der Waals surface area contributed by atoms with Gasteiger partial charge in [0, 0.05) is 12.8 Å². The number of ketones is 1. The topological polar surface area (TPSA) is 17.1 Å². The van der Waals surface area contributed by atoms with Crippen LogP contribution >= 0.6 is 0 Å². The van der Waals surface area contributed by atoms with Gasteiger partial charge in [0.05, 0.1) is 0 Å². The third kappa shape index (κ3) is 0.646. The molecule has 3 fully saturated rings. The molecular formula is C10H14O. The molecule has 3 atom stereocenters. The van der Waals surface area contributed by atoms with Crippen molar-refractivity contribution in [2.75, 3.05) is 0 Å². The molecule has 0 radical (unpaired) electrons. The van der Waals surface area contributed by atoms with E-state index in [9.17, 15) is 4.79 Å². The van der Waals surface area contributed by atoms with Crippen molar-refractivity contribution in [3.63, 3.8) is 0 Å². The number of rotatable bonds is 0. The zero-order valence-corrected chi connectivity index (χ0v) is 6.81. The third-order valence-electron chi connectivity index (χ3n) is 4.25. The summed E-state index contributed by atoms with van der Waals surface area (Å²) in [6, 6.07) is 0. The predicted molar refractivity (Wildman–Crippen MR) is 42.1 cm³/mol. The standard InChI is InChI=1S/C10H14O/c11-9-4-3-7-1-2-8-5-10(7,8)6-9/h7-8H,1-6H2/t7-,8-,10-/m0/s1. The zero-order valence-electron chi connectivity index (χ0n) is 6.81. The second-order valence-electron chi connectivity index (χ2n) is 4.66. The summed E-state index contributed by atoms with van der Waals surface area (Å²) in [4.78, 5) is 11.2. The number of carbonyl (C=O) groups excluding carboxylic acids is 1. The number of carbonyl (C=O) groups is 1. The van der Waals surface area contributed by atoms with Crippen LogP contribution in [0.4, 0.5) is 0 Å². The molecule has 1 heteroatoms. The lowest BCUT2D eigenvalue weighted by molar-refractivity contribution is -0.123. The van der Waals surface area contributed by atoms with Crippen molar-refractivity contribution in [3.8, 4) is 0 Å². The van der Waals surface area contributed by atoms with E-state index < -0.39 is 0 Å². The Morgan fingerprint density at radius 1 is 1.18 bits per heavy atom. The van der Waals surface area contributed by atoms with E-state index in [4.69, 9.17) is 0 Å². The lowest BCUT2D eigenvalue weighted by Gasteiger charge is -2.27. The van der Waals surface area contributed by atoms with Gasteiger partial charge in [0.25, 0.3) is 0 Å². The molecule has 1 spiro atoms. The first-order valence-corrected chi connectivity index (χ1v) is 4.83. The fraction of sp³-hybridized carbons (Fsp3) is 0.900. The molecule has 0 saturated heterocycles. The second-order valence-corrected chi connectivity index (χ2v) is 4.66. The maximum Gasteiger partial charge on any atom is 0.133 e. The van der Waals surface area contributed by atoms with Crippen LogP contribution in [0, 0.1) is 17.3 Å². The summed E-state index contributed by atoms with van der Waals surface area (Å²) in [6.07, 6.45) is 7.30. The highest BCUT2D eigenvalue weighted by atomic mass is 16.1. The van der Waals surface area contributed by atoms with E-state index in [-0.39, 0.29) is 0 Å². The summed E-state index contributed by atoms with van der Waals surface area (Å²) < 4.78 is 0. The highest BCUT2D eigenvalue weighted by Crippen LogP contribution is 2.70. The van der Waals surface area contributed by atoms with Crippen molar-refractivity contribution in [1.29, 1.82) is 0 Å². The highest BCUT2D eigenvalue weighted by molar-refractivity contribution is 5.80. The van der Waals surface area contributed by atoms with E-state index in [1.54, 1.807) is 0 Å². The van der Waals surface area contributed by atoms with Gasteiger partial charge in [-0.05, 0) is 42.9 Å². The van der Waals surface area contributed by atoms with Crippen molar-refractivity contribution in [2.45, 2.75) is 38.5 Å². The third-order valence-corrected chi connectivity index (χ3v) is 4.25. The molecule has 0 aromatic rings. The van der Waals surface area contributed by atoms with Gasteiger partial charge in [-0.15, -0.1) is 0 Å². The maximum atomic E-state index is 11.2. The Hall–Kier alpha value is -0.330. The molecule has 11 heavy (non-hydrogen) atoms. The minimum atomic E-state index is 0.547. The summed E-state index contributed by atoms with van der Waals surface area (Å²) >= 11 is 0. The molecule has 0 amide bonds. The van der Waals surface area contributed by atoms with Gasteiger partial charge in [0.2, 0.25) is 0 Å². The van der Waals surface area contributed by atoms with Gasteiger partial charge in [0.1, 0.15) is 5.78 Å². The van der Waals surface area contributed by atoms with E-state index in [2.05, 4.69) is 0 Å². The fourth-order valence-electron chi connectivity index (χ4n) is 3.56. The van der Waals surface area contributed by atoms with Crippen molar-refractivity contribution in [2.24, 2.45) is 17.3 Å². The smallest absolute Gasteiger partial charge is 0.133 e. The van der Waals surface area contributed by atoms with E-state index in [1.165, 1.54) is 25.7 Å². The Morgan fingerprint density at radius 2 is 2.00 bits per heavy atom. The molecule has 0 aromatic carbocycles. The molecular weight excluding hydrogens is 136 g/mol. The SMILES string of the molecule is O=C1CC[C@@H]2CC[C@H]3C[C@]23C1. The van der Waals surface area contributed by atoms with Crippen LogP contribution in [0.1, 0.15) is 38.5 Å². The largest absolute Gasteiger partial charge is 0.300 e. The predicted octanol–water partition coefficient (Wildman–Crippen LogP) is 2.16. The van der Waals surface area contributed by atoms with Crippen molar-refractivity contribution >= 4 is 5.78 Å². The Labute approximate surface area is 67.2 Å². The molecule has 1 nitrogen and oxygen atoms in total. The van der Waals surface area contributed by atoms with Gasteiger partial charge in [-0.2, -0.15) is 0 Å². The van der Waals surface area contributed by atoms with Gasteiger partial charge in [-0.3, -0.25) is 4.79 Å². The molecule has 3 saturated carbocycles. The second kappa shape index (κ2) is 1.70. The van der Waals surface area contributed by atoms with Gasteiger partial charge in [0.15, 0.2) is 0 Å². The van der Waals surface area contributed by atoms with E-state index >= 15 is 0 Å². The van der Waals surface area contributed by atoms with E-state index in [0.717, 1.165) is 24.7 Å². The number of hydrogen-bond donors (Lipinski definition) is 0. The van der Waals surface area contributed by atoms with E-state index in [1.807, 2.05) is 0 Å². The van der Waals surface area contributed by atoms with Crippen molar-refractivity contribution in [3.05, 3.63) is 0 Å². The minimum Gasteiger partial charge on any atom is -0.300 e. The Bertz CT molecular complexity index is 221. The average Bonchev–Trinajstić information content (AvgIpc) is 2.54. The van der Waals surface area contributed by atoms with Crippen LogP contribution in [0.15, 0.2) is 0 Å². The van der Waals surface area contributed by atoms with Gasteiger partial charge in [-0.1, -0.05) is 0 Å². The molecule has 3 rings (SSSR count). The Balaban J connectivity index is 1.91. The van der Waals surface area contributed by atoms with Gasteiger partial charge < -0.3 is 0 Å². The van der Waals surface area contributed by atoms with Crippen LogP contribution < -0.4 is 0 Å². The number of Topliss-reactive ketones (excluding diaryl/α,β-unsaturated/α-hetero) is 1. The monoisotopic (exact) mass is 150 g/mol. The summed E-state index contributed by atoms with van der Waals surface area (Å²) in [5.41, 5.74) is 0.579. The highest BCUT2D eigenvalue weighted by Gasteiger charge is 2.63. The lowest BCUT2D eigenvalue weighted by Crippen LogP contribution is -2.24. The maximum absolute atomic E-state index is 11.2. The molecule has 0 aliphatic heterocycles. The first-order valence-electron chi connectivity index (χ1n) is 4.83. The summed E-state index contributed by atoms with van der Waals surface area (Å²) in [5, 5.41) is 0. The number of hydrogen-bond acceptors (Lipinski definition) is 1.